The van der Waals surface area contributed by atoms with E-state index in [0.717, 1.165) is 21.7 Å². The highest BCUT2D eigenvalue weighted by atomic mass is 79.9. The molecule has 0 saturated heterocycles. The number of rotatable bonds is 3. The molecule has 1 nitrogen and oxygen atoms in total. The lowest BCUT2D eigenvalue weighted by Crippen LogP contribution is -2.01. The molecule has 0 spiro atoms. The van der Waals surface area contributed by atoms with E-state index >= 15 is 0 Å². The lowest BCUT2D eigenvalue weighted by molar-refractivity contribution is 0.911. The first kappa shape index (κ1) is 13.0. The predicted molar refractivity (Wildman–Crippen MR) is 84.9 cm³/mol. The Morgan fingerprint density at radius 1 is 1.05 bits per heavy atom. The van der Waals surface area contributed by atoms with E-state index in [2.05, 4.69) is 39.4 Å². The monoisotopic (exact) mass is 335 g/mol. The molecule has 0 aromatic heterocycles. The van der Waals surface area contributed by atoms with E-state index in [-0.39, 0.29) is 0 Å². The van der Waals surface area contributed by atoms with Crippen LogP contribution in [-0.4, -0.2) is 0 Å². The van der Waals surface area contributed by atoms with E-state index in [4.69, 9.17) is 11.6 Å². The second-order valence-electron chi connectivity index (χ2n) is 4.93. The SMILES string of the molecule is Clc1ccc(Br)c(NCc2ccc3c(c2)CCC3)c1. The summed E-state index contributed by atoms with van der Waals surface area (Å²) in [5.74, 6) is 0. The fraction of sp³-hybridized carbons (Fsp3) is 0.250. The fourth-order valence-electron chi connectivity index (χ4n) is 2.57. The first-order valence-corrected chi connectivity index (χ1v) is 7.69. The van der Waals surface area contributed by atoms with Gasteiger partial charge in [-0.25, -0.2) is 0 Å². The number of hydrogen-bond acceptors (Lipinski definition) is 1. The highest BCUT2D eigenvalue weighted by Crippen LogP contribution is 2.27. The van der Waals surface area contributed by atoms with Crippen molar-refractivity contribution in [3.05, 3.63) is 62.6 Å². The number of halogens is 2. The molecule has 0 fully saturated rings. The van der Waals surface area contributed by atoms with Gasteiger partial charge in [-0.15, -0.1) is 0 Å². The Labute approximate surface area is 127 Å². The van der Waals surface area contributed by atoms with Crippen molar-refractivity contribution < 1.29 is 0 Å². The van der Waals surface area contributed by atoms with Gasteiger partial charge in [-0.05, 0) is 70.1 Å². The van der Waals surface area contributed by atoms with Crippen molar-refractivity contribution >= 4 is 33.2 Å². The molecule has 0 unspecified atom stereocenters. The molecule has 2 aromatic rings. The molecule has 0 radical (unpaired) electrons. The highest BCUT2D eigenvalue weighted by molar-refractivity contribution is 9.10. The van der Waals surface area contributed by atoms with Crippen LogP contribution in [0.5, 0.6) is 0 Å². The summed E-state index contributed by atoms with van der Waals surface area (Å²) >= 11 is 9.55. The second kappa shape index (κ2) is 5.56. The van der Waals surface area contributed by atoms with Gasteiger partial charge in [0, 0.05) is 16.0 Å². The van der Waals surface area contributed by atoms with Crippen LogP contribution >= 0.6 is 27.5 Å². The van der Waals surface area contributed by atoms with Crippen molar-refractivity contribution in [3.8, 4) is 0 Å². The second-order valence-corrected chi connectivity index (χ2v) is 6.23. The average Bonchev–Trinajstić information content (AvgIpc) is 2.87. The normalized spacial score (nSPS) is 13.4. The van der Waals surface area contributed by atoms with E-state index in [1.54, 1.807) is 0 Å². The quantitative estimate of drug-likeness (QED) is 0.812. The molecule has 0 bridgehead atoms. The third kappa shape index (κ3) is 2.96. The summed E-state index contributed by atoms with van der Waals surface area (Å²) in [6.45, 7) is 0.826. The zero-order valence-corrected chi connectivity index (χ0v) is 12.9. The third-order valence-corrected chi connectivity index (χ3v) is 4.50. The zero-order valence-electron chi connectivity index (χ0n) is 10.5. The molecule has 3 rings (SSSR count). The highest BCUT2D eigenvalue weighted by Gasteiger charge is 2.10. The van der Waals surface area contributed by atoms with Gasteiger partial charge in [-0.1, -0.05) is 29.8 Å². The maximum Gasteiger partial charge on any atom is 0.0502 e. The molecular weight excluding hydrogens is 322 g/mol. The van der Waals surface area contributed by atoms with Gasteiger partial charge in [0.15, 0.2) is 0 Å². The Bertz CT molecular complexity index is 610. The van der Waals surface area contributed by atoms with Crippen molar-refractivity contribution in [2.45, 2.75) is 25.8 Å². The van der Waals surface area contributed by atoms with Gasteiger partial charge in [0.05, 0.1) is 5.69 Å². The van der Waals surface area contributed by atoms with E-state index in [9.17, 15) is 0 Å². The topological polar surface area (TPSA) is 12.0 Å². The summed E-state index contributed by atoms with van der Waals surface area (Å²) in [4.78, 5) is 0. The number of fused-ring (bicyclic) bond motifs is 1. The summed E-state index contributed by atoms with van der Waals surface area (Å²) in [5.41, 5.74) is 5.40. The molecule has 1 aliphatic rings. The van der Waals surface area contributed by atoms with Crippen LogP contribution in [0.15, 0.2) is 40.9 Å². The van der Waals surface area contributed by atoms with E-state index in [0.29, 0.717) is 0 Å². The van der Waals surface area contributed by atoms with Crippen LogP contribution < -0.4 is 5.32 Å². The lowest BCUT2D eigenvalue weighted by atomic mass is 10.1. The Morgan fingerprint density at radius 3 is 2.79 bits per heavy atom. The van der Waals surface area contributed by atoms with Gasteiger partial charge < -0.3 is 5.32 Å². The molecule has 0 saturated carbocycles. The van der Waals surface area contributed by atoms with Crippen molar-refractivity contribution in [2.75, 3.05) is 5.32 Å². The van der Waals surface area contributed by atoms with Crippen LogP contribution in [0.3, 0.4) is 0 Å². The Hall–Kier alpha value is -0.990. The van der Waals surface area contributed by atoms with Crippen LogP contribution in [0.2, 0.25) is 5.02 Å². The molecule has 0 atom stereocenters. The van der Waals surface area contributed by atoms with Crippen molar-refractivity contribution in [3.63, 3.8) is 0 Å². The van der Waals surface area contributed by atoms with E-state index in [1.807, 2.05) is 18.2 Å². The van der Waals surface area contributed by atoms with Gasteiger partial charge in [0.1, 0.15) is 0 Å². The summed E-state index contributed by atoms with van der Waals surface area (Å²) in [6.07, 6.45) is 3.76. The van der Waals surface area contributed by atoms with Crippen molar-refractivity contribution in [1.82, 2.24) is 0 Å². The van der Waals surface area contributed by atoms with Gasteiger partial charge in [0.25, 0.3) is 0 Å². The van der Waals surface area contributed by atoms with Crippen LogP contribution in [0, 0.1) is 0 Å². The molecule has 2 aromatic carbocycles. The minimum absolute atomic E-state index is 0.750. The zero-order chi connectivity index (χ0) is 13.2. The van der Waals surface area contributed by atoms with Crippen molar-refractivity contribution in [2.24, 2.45) is 0 Å². The maximum atomic E-state index is 6.01. The van der Waals surface area contributed by atoms with E-state index in [1.165, 1.54) is 36.0 Å². The standard InChI is InChI=1S/C16H15BrClN/c17-15-7-6-14(18)9-16(15)19-10-11-4-5-12-2-1-3-13(12)8-11/h4-9,19H,1-3,10H2. The van der Waals surface area contributed by atoms with Gasteiger partial charge in [-0.3, -0.25) is 0 Å². The Balaban J connectivity index is 1.74. The first-order valence-electron chi connectivity index (χ1n) is 6.52. The molecular formula is C16H15BrClN. The fourth-order valence-corrected chi connectivity index (χ4v) is 3.12. The summed E-state index contributed by atoms with van der Waals surface area (Å²) in [6, 6.07) is 12.6. The third-order valence-electron chi connectivity index (χ3n) is 3.57. The van der Waals surface area contributed by atoms with Gasteiger partial charge in [-0.2, -0.15) is 0 Å². The minimum atomic E-state index is 0.750. The van der Waals surface area contributed by atoms with Crippen LogP contribution in [0.25, 0.3) is 0 Å². The molecule has 1 N–H and O–H groups in total. The Morgan fingerprint density at radius 2 is 1.89 bits per heavy atom. The van der Waals surface area contributed by atoms with Crippen LogP contribution in [0.1, 0.15) is 23.1 Å². The van der Waals surface area contributed by atoms with Gasteiger partial charge in [0.2, 0.25) is 0 Å². The molecule has 0 amide bonds. The van der Waals surface area contributed by atoms with Crippen LogP contribution in [0.4, 0.5) is 5.69 Å². The molecule has 0 aliphatic heterocycles. The van der Waals surface area contributed by atoms with Gasteiger partial charge >= 0.3 is 0 Å². The molecule has 3 heteroatoms. The number of nitrogens with one attached hydrogen (secondary N) is 1. The van der Waals surface area contributed by atoms with Crippen LogP contribution in [-0.2, 0) is 19.4 Å². The van der Waals surface area contributed by atoms with E-state index < -0.39 is 0 Å². The Kier molecular flexibility index (Phi) is 3.81. The maximum absolute atomic E-state index is 6.01. The summed E-state index contributed by atoms with van der Waals surface area (Å²) in [5, 5.41) is 4.18. The average molecular weight is 337 g/mol. The largest absolute Gasteiger partial charge is 0.380 e. The molecule has 0 heterocycles. The smallest absolute Gasteiger partial charge is 0.0502 e. The lowest BCUT2D eigenvalue weighted by Gasteiger charge is -2.10. The number of anilines is 1. The number of hydrogen-bond donors (Lipinski definition) is 1. The molecule has 98 valence electrons. The van der Waals surface area contributed by atoms with Crippen molar-refractivity contribution in [1.29, 1.82) is 0 Å². The molecule has 19 heavy (non-hydrogen) atoms. The molecule has 1 aliphatic carbocycles. The number of benzene rings is 2. The number of aryl methyl sites for hydroxylation is 2. The predicted octanol–water partition coefficient (Wildman–Crippen LogP) is 5.20. The first-order chi connectivity index (χ1) is 9.22. The summed E-state index contributed by atoms with van der Waals surface area (Å²) in [7, 11) is 0. The summed E-state index contributed by atoms with van der Waals surface area (Å²) < 4.78 is 1.04. The minimum Gasteiger partial charge on any atom is -0.380 e.